The average Bonchev–Trinajstić information content (AvgIpc) is 2.17. The van der Waals surface area contributed by atoms with Crippen LogP contribution in [0.15, 0.2) is 18.2 Å². The molecule has 16 heavy (non-hydrogen) atoms. The van der Waals surface area contributed by atoms with Crippen molar-refractivity contribution in [3.05, 3.63) is 29.6 Å². The molecule has 1 aromatic rings. The van der Waals surface area contributed by atoms with E-state index in [1.807, 2.05) is 0 Å². The summed E-state index contributed by atoms with van der Waals surface area (Å²) < 4.78 is 52.9. The molecule has 0 unspecified atom stereocenters. The molecular weight excluding hydrogens is 226 g/mol. The molecular formula is C10H11F4NO. The van der Waals surface area contributed by atoms with Crippen LogP contribution in [0.25, 0.3) is 0 Å². The summed E-state index contributed by atoms with van der Waals surface area (Å²) in [4.78, 5) is 0. The molecule has 2 N–H and O–H groups in total. The van der Waals surface area contributed by atoms with Crippen LogP contribution in [0.4, 0.5) is 23.2 Å². The zero-order valence-electron chi connectivity index (χ0n) is 8.35. The van der Waals surface area contributed by atoms with Crippen molar-refractivity contribution in [3.8, 4) is 0 Å². The van der Waals surface area contributed by atoms with E-state index in [-0.39, 0.29) is 12.3 Å². The number of nitrogens with two attached hydrogens (primary N) is 1. The van der Waals surface area contributed by atoms with Crippen molar-refractivity contribution in [2.75, 3.05) is 12.3 Å². The van der Waals surface area contributed by atoms with Crippen molar-refractivity contribution in [2.45, 2.75) is 19.2 Å². The lowest BCUT2D eigenvalue weighted by Gasteiger charge is -2.07. The summed E-state index contributed by atoms with van der Waals surface area (Å²) in [5.74, 6) is -0.600. The van der Waals surface area contributed by atoms with Crippen LogP contribution in [-0.4, -0.2) is 12.8 Å². The first-order chi connectivity index (χ1) is 7.38. The van der Waals surface area contributed by atoms with Gasteiger partial charge in [0.05, 0.1) is 25.3 Å². The Morgan fingerprint density at radius 2 is 1.94 bits per heavy atom. The highest BCUT2D eigenvalue weighted by atomic mass is 19.4. The van der Waals surface area contributed by atoms with Crippen molar-refractivity contribution >= 4 is 5.69 Å². The molecule has 1 aromatic carbocycles. The van der Waals surface area contributed by atoms with Crippen molar-refractivity contribution < 1.29 is 22.3 Å². The highest BCUT2D eigenvalue weighted by Gasteiger charge is 2.26. The van der Waals surface area contributed by atoms with E-state index in [9.17, 15) is 17.6 Å². The van der Waals surface area contributed by atoms with Crippen molar-refractivity contribution in [2.24, 2.45) is 0 Å². The number of halogens is 4. The molecule has 6 heteroatoms. The van der Waals surface area contributed by atoms with Gasteiger partial charge < -0.3 is 10.5 Å². The van der Waals surface area contributed by atoms with Crippen LogP contribution in [0, 0.1) is 5.82 Å². The Morgan fingerprint density at radius 1 is 1.25 bits per heavy atom. The second-order valence-corrected chi connectivity index (χ2v) is 3.27. The number of alkyl halides is 3. The first-order valence-electron chi connectivity index (χ1n) is 4.57. The molecule has 1 rings (SSSR count). The van der Waals surface area contributed by atoms with Crippen molar-refractivity contribution in [1.29, 1.82) is 0 Å². The third kappa shape index (κ3) is 4.48. The summed E-state index contributed by atoms with van der Waals surface area (Å²) in [7, 11) is 0. The van der Waals surface area contributed by atoms with Gasteiger partial charge in [0, 0.05) is 0 Å². The molecule has 0 atom stereocenters. The summed E-state index contributed by atoms with van der Waals surface area (Å²) in [6.07, 6.45) is -5.24. The second kappa shape index (κ2) is 5.16. The smallest absolute Gasteiger partial charge is 0.391 e. The number of anilines is 1. The van der Waals surface area contributed by atoms with Gasteiger partial charge in [-0.15, -0.1) is 0 Å². The van der Waals surface area contributed by atoms with Crippen LogP contribution in [0.5, 0.6) is 0 Å². The first-order valence-corrected chi connectivity index (χ1v) is 4.57. The maximum atomic E-state index is 12.9. The molecule has 0 spiro atoms. The highest BCUT2D eigenvalue weighted by Crippen LogP contribution is 2.19. The fraction of sp³-hybridized carbons (Fsp3) is 0.400. The van der Waals surface area contributed by atoms with E-state index in [4.69, 9.17) is 10.5 Å². The average molecular weight is 237 g/mol. The molecule has 0 amide bonds. The van der Waals surface area contributed by atoms with E-state index >= 15 is 0 Å². The minimum atomic E-state index is -4.23. The van der Waals surface area contributed by atoms with Crippen LogP contribution < -0.4 is 5.73 Å². The Balaban J connectivity index is 2.35. The maximum absolute atomic E-state index is 12.9. The monoisotopic (exact) mass is 237 g/mol. The van der Waals surface area contributed by atoms with Crippen LogP contribution in [0.2, 0.25) is 0 Å². The number of benzene rings is 1. The predicted molar refractivity (Wildman–Crippen MR) is 51.1 cm³/mol. The van der Waals surface area contributed by atoms with Gasteiger partial charge >= 0.3 is 6.18 Å². The van der Waals surface area contributed by atoms with Gasteiger partial charge in [-0.25, -0.2) is 4.39 Å². The lowest BCUT2D eigenvalue weighted by Crippen LogP contribution is -2.11. The Morgan fingerprint density at radius 3 is 2.50 bits per heavy atom. The number of ether oxygens (including phenoxy) is 1. The van der Waals surface area contributed by atoms with Gasteiger partial charge in [0.15, 0.2) is 0 Å². The maximum Gasteiger partial charge on any atom is 0.391 e. The summed E-state index contributed by atoms with van der Waals surface area (Å²) in [6.45, 7) is -0.497. The van der Waals surface area contributed by atoms with Gasteiger partial charge in [0.25, 0.3) is 0 Å². The van der Waals surface area contributed by atoms with Gasteiger partial charge in [0.1, 0.15) is 5.82 Å². The lowest BCUT2D eigenvalue weighted by atomic mass is 10.2. The fourth-order valence-electron chi connectivity index (χ4n) is 1.04. The molecule has 0 heterocycles. The summed E-state index contributed by atoms with van der Waals surface area (Å²) in [5, 5.41) is 0. The van der Waals surface area contributed by atoms with Crippen molar-refractivity contribution in [1.82, 2.24) is 0 Å². The standard InChI is InChI=1S/C10H11F4NO/c11-8-5-7(1-2-9(8)15)6-16-4-3-10(12,13)14/h1-2,5H,3-4,6,15H2. The Kier molecular flexibility index (Phi) is 4.12. The Labute approximate surface area is 90.0 Å². The molecule has 2 nitrogen and oxygen atoms in total. The van der Waals surface area contributed by atoms with Gasteiger partial charge in [-0.05, 0) is 17.7 Å². The second-order valence-electron chi connectivity index (χ2n) is 3.27. The number of nitrogen functional groups attached to an aromatic ring is 1. The summed E-state index contributed by atoms with van der Waals surface area (Å²) >= 11 is 0. The number of hydrogen-bond donors (Lipinski definition) is 1. The molecule has 0 aliphatic rings. The fourth-order valence-corrected chi connectivity index (χ4v) is 1.04. The molecule has 0 bridgehead atoms. The van der Waals surface area contributed by atoms with Crippen LogP contribution in [-0.2, 0) is 11.3 Å². The van der Waals surface area contributed by atoms with Gasteiger partial charge in [-0.1, -0.05) is 6.07 Å². The van der Waals surface area contributed by atoms with Crippen LogP contribution in [0.3, 0.4) is 0 Å². The molecule has 0 saturated carbocycles. The van der Waals surface area contributed by atoms with Crippen LogP contribution in [0.1, 0.15) is 12.0 Å². The summed E-state index contributed by atoms with van der Waals surface area (Å²) in [6, 6.07) is 3.99. The lowest BCUT2D eigenvalue weighted by molar-refractivity contribution is -0.146. The minimum absolute atomic E-state index is 0.000887. The zero-order valence-corrected chi connectivity index (χ0v) is 8.35. The van der Waals surface area contributed by atoms with Gasteiger partial charge in [-0.3, -0.25) is 0 Å². The Bertz CT molecular complexity index is 351. The minimum Gasteiger partial charge on any atom is -0.396 e. The van der Waals surface area contributed by atoms with E-state index < -0.39 is 25.0 Å². The van der Waals surface area contributed by atoms with Gasteiger partial charge in [0.2, 0.25) is 0 Å². The molecule has 0 aliphatic carbocycles. The first kappa shape index (κ1) is 12.8. The molecule has 0 radical (unpaired) electrons. The largest absolute Gasteiger partial charge is 0.396 e. The van der Waals surface area contributed by atoms with Crippen molar-refractivity contribution in [3.63, 3.8) is 0 Å². The molecule has 90 valence electrons. The molecule has 0 fully saturated rings. The van der Waals surface area contributed by atoms with E-state index in [0.717, 1.165) is 6.07 Å². The van der Waals surface area contributed by atoms with Crippen LogP contribution >= 0.6 is 0 Å². The van der Waals surface area contributed by atoms with E-state index in [2.05, 4.69) is 0 Å². The number of hydrogen-bond acceptors (Lipinski definition) is 2. The third-order valence-electron chi connectivity index (χ3n) is 1.86. The third-order valence-corrected chi connectivity index (χ3v) is 1.86. The predicted octanol–water partition coefficient (Wildman–Crippen LogP) is 2.88. The molecule has 0 saturated heterocycles. The number of rotatable bonds is 4. The van der Waals surface area contributed by atoms with E-state index in [0.29, 0.717) is 5.56 Å². The SMILES string of the molecule is Nc1ccc(COCCC(F)(F)F)cc1F. The highest BCUT2D eigenvalue weighted by molar-refractivity contribution is 5.41. The normalized spacial score (nSPS) is 11.8. The van der Waals surface area contributed by atoms with Gasteiger partial charge in [-0.2, -0.15) is 13.2 Å². The topological polar surface area (TPSA) is 35.2 Å². The zero-order chi connectivity index (χ0) is 12.2. The van der Waals surface area contributed by atoms with E-state index in [1.165, 1.54) is 12.1 Å². The Hall–Kier alpha value is -1.30. The summed E-state index contributed by atoms with van der Waals surface area (Å²) in [5.41, 5.74) is 5.69. The quantitative estimate of drug-likeness (QED) is 0.496. The molecule has 0 aliphatic heterocycles. The molecule has 0 aromatic heterocycles. The van der Waals surface area contributed by atoms with E-state index in [1.54, 1.807) is 0 Å².